The van der Waals surface area contributed by atoms with Crippen LogP contribution in [0, 0.1) is 0 Å². The molecule has 4 heterocycles. The second kappa shape index (κ2) is 6.86. The molecule has 3 aromatic heterocycles. The Kier molecular flexibility index (Phi) is 4.06. The molecule has 9 nitrogen and oxygen atoms in total. The molecule has 28 heavy (non-hydrogen) atoms. The average Bonchev–Trinajstić information content (AvgIpc) is 3.41. The fraction of sp³-hybridized carbons (Fsp3) is 0.211. The molecule has 0 saturated carbocycles. The molecule has 0 bridgehead atoms. The van der Waals surface area contributed by atoms with Crippen molar-refractivity contribution >= 4 is 0 Å². The van der Waals surface area contributed by atoms with Gasteiger partial charge >= 0.3 is 0 Å². The highest BCUT2D eigenvalue weighted by Gasteiger charge is 2.28. The SMILES string of the molecule is COc1ccc([C@H]2Cn3nnc(-c4nc(-c5cccnc5)no4)c3CO2)cc1. The molecular weight excluding hydrogens is 360 g/mol. The van der Waals surface area contributed by atoms with Crippen LogP contribution in [0.5, 0.6) is 5.75 Å². The predicted molar refractivity (Wildman–Crippen MR) is 97.1 cm³/mol. The molecule has 0 aliphatic carbocycles. The number of benzene rings is 1. The van der Waals surface area contributed by atoms with Gasteiger partial charge in [0.1, 0.15) is 11.9 Å². The smallest absolute Gasteiger partial charge is 0.280 e. The minimum Gasteiger partial charge on any atom is -0.497 e. The number of ether oxygens (including phenoxy) is 2. The number of hydrogen-bond acceptors (Lipinski definition) is 8. The molecule has 9 heteroatoms. The monoisotopic (exact) mass is 376 g/mol. The molecular formula is C19H16N6O3. The van der Waals surface area contributed by atoms with E-state index in [4.69, 9.17) is 14.0 Å². The van der Waals surface area contributed by atoms with Gasteiger partial charge in [0, 0.05) is 18.0 Å². The zero-order valence-electron chi connectivity index (χ0n) is 15.0. The van der Waals surface area contributed by atoms with Crippen LogP contribution in [0.15, 0.2) is 53.3 Å². The van der Waals surface area contributed by atoms with Crippen LogP contribution < -0.4 is 4.74 Å². The number of methoxy groups -OCH3 is 1. The molecule has 1 atom stereocenters. The molecule has 1 aliphatic rings. The van der Waals surface area contributed by atoms with E-state index in [0.29, 0.717) is 30.6 Å². The standard InChI is InChI=1S/C19H16N6O3/c1-26-14-6-4-12(5-7-14)16-10-25-15(11-27-16)17(22-24-25)19-21-18(23-28-19)13-3-2-8-20-9-13/h2-9,16H,10-11H2,1H3/t16-/m1/s1. The first-order chi connectivity index (χ1) is 13.8. The number of rotatable bonds is 4. The Balaban J connectivity index is 1.39. The maximum Gasteiger partial charge on any atom is 0.280 e. The van der Waals surface area contributed by atoms with E-state index in [0.717, 1.165) is 22.6 Å². The minimum absolute atomic E-state index is 0.110. The highest BCUT2D eigenvalue weighted by Crippen LogP contribution is 2.31. The van der Waals surface area contributed by atoms with E-state index >= 15 is 0 Å². The third kappa shape index (κ3) is 2.91. The van der Waals surface area contributed by atoms with Crippen LogP contribution in [-0.4, -0.2) is 37.2 Å². The Morgan fingerprint density at radius 3 is 2.86 bits per heavy atom. The highest BCUT2D eigenvalue weighted by molar-refractivity contribution is 5.57. The summed E-state index contributed by atoms with van der Waals surface area (Å²) in [4.78, 5) is 8.49. The van der Waals surface area contributed by atoms with Crippen molar-refractivity contribution in [1.82, 2.24) is 30.1 Å². The topological polar surface area (TPSA) is 101 Å². The lowest BCUT2D eigenvalue weighted by atomic mass is 10.1. The summed E-state index contributed by atoms with van der Waals surface area (Å²) in [6.07, 6.45) is 3.26. The fourth-order valence-corrected chi connectivity index (χ4v) is 3.13. The van der Waals surface area contributed by atoms with Crippen LogP contribution in [0.2, 0.25) is 0 Å². The van der Waals surface area contributed by atoms with Crippen molar-refractivity contribution in [2.75, 3.05) is 7.11 Å². The Labute approximate surface area is 159 Å². The van der Waals surface area contributed by atoms with Crippen LogP contribution in [0.4, 0.5) is 0 Å². The first-order valence-corrected chi connectivity index (χ1v) is 8.74. The number of nitrogens with zero attached hydrogens (tertiary/aromatic N) is 6. The van der Waals surface area contributed by atoms with Gasteiger partial charge in [-0.15, -0.1) is 5.10 Å². The summed E-state index contributed by atoms with van der Waals surface area (Å²) in [5.41, 5.74) is 3.18. The number of pyridine rings is 1. The van der Waals surface area contributed by atoms with Gasteiger partial charge < -0.3 is 14.0 Å². The van der Waals surface area contributed by atoms with Crippen molar-refractivity contribution in [3.8, 4) is 28.7 Å². The van der Waals surface area contributed by atoms with Gasteiger partial charge in [-0.2, -0.15) is 4.98 Å². The van der Waals surface area contributed by atoms with Gasteiger partial charge in [-0.1, -0.05) is 22.5 Å². The zero-order chi connectivity index (χ0) is 18.9. The molecule has 0 radical (unpaired) electrons. The van der Waals surface area contributed by atoms with Crippen LogP contribution in [0.1, 0.15) is 17.4 Å². The van der Waals surface area contributed by atoms with Crippen molar-refractivity contribution in [3.05, 3.63) is 60.0 Å². The molecule has 140 valence electrons. The van der Waals surface area contributed by atoms with Gasteiger partial charge in [-0.25, -0.2) is 4.68 Å². The predicted octanol–water partition coefficient (Wildman–Crippen LogP) is 2.67. The van der Waals surface area contributed by atoms with E-state index in [-0.39, 0.29) is 6.10 Å². The quantitative estimate of drug-likeness (QED) is 0.536. The van der Waals surface area contributed by atoms with Crippen molar-refractivity contribution in [2.45, 2.75) is 19.3 Å². The summed E-state index contributed by atoms with van der Waals surface area (Å²) in [5.74, 6) is 1.58. The zero-order valence-corrected chi connectivity index (χ0v) is 15.0. The van der Waals surface area contributed by atoms with E-state index in [9.17, 15) is 0 Å². The molecule has 5 rings (SSSR count). The van der Waals surface area contributed by atoms with Crippen LogP contribution in [-0.2, 0) is 17.9 Å². The molecule has 0 unspecified atom stereocenters. The van der Waals surface area contributed by atoms with Crippen molar-refractivity contribution < 1.29 is 14.0 Å². The fourth-order valence-electron chi connectivity index (χ4n) is 3.13. The van der Waals surface area contributed by atoms with Crippen molar-refractivity contribution in [2.24, 2.45) is 0 Å². The third-order valence-electron chi connectivity index (χ3n) is 4.63. The first kappa shape index (κ1) is 16.6. The maximum absolute atomic E-state index is 6.03. The van der Waals surface area contributed by atoms with E-state index in [2.05, 4.69) is 25.4 Å². The molecule has 0 fully saturated rings. The van der Waals surface area contributed by atoms with Gasteiger partial charge in [-0.05, 0) is 29.8 Å². The summed E-state index contributed by atoms with van der Waals surface area (Å²) in [7, 11) is 1.65. The third-order valence-corrected chi connectivity index (χ3v) is 4.63. The molecule has 0 N–H and O–H groups in total. The van der Waals surface area contributed by atoms with Gasteiger partial charge in [0.25, 0.3) is 5.89 Å². The highest BCUT2D eigenvalue weighted by atomic mass is 16.5. The van der Waals surface area contributed by atoms with Gasteiger partial charge in [0.05, 0.1) is 26.0 Å². The van der Waals surface area contributed by atoms with E-state index in [1.54, 1.807) is 19.5 Å². The van der Waals surface area contributed by atoms with E-state index in [1.807, 2.05) is 41.1 Å². The summed E-state index contributed by atoms with van der Waals surface area (Å²) in [5, 5.41) is 12.5. The van der Waals surface area contributed by atoms with Crippen molar-refractivity contribution in [3.63, 3.8) is 0 Å². The second-order valence-electron chi connectivity index (χ2n) is 6.30. The lowest BCUT2D eigenvalue weighted by Gasteiger charge is -2.24. The molecule has 1 aromatic carbocycles. The number of hydrogen-bond donors (Lipinski definition) is 0. The minimum atomic E-state index is -0.110. The normalized spacial score (nSPS) is 16.0. The number of fused-ring (bicyclic) bond motifs is 1. The van der Waals surface area contributed by atoms with Gasteiger partial charge in [0.2, 0.25) is 5.82 Å². The average molecular weight is 376 g/mol. The molecule has 0 spiro atoms. The maximum atomic E-state index is 6.03. The summed E-state index contributed by atoms with van der Waals surface area (Å²) in [6.45, 7) is 0.905. The molecule has 0 amide bonds. The summed E-state index contributed by atoms with van der Waals surface area (Å²) < 4.78 is 18.5. The largest absolute Gasteiger partial charge is 0.497 e. The lowest BCUT2D eigenvalue weighted by Crippen LogP contribution is -2.22. The van der Waals surface area contributed by atoms with Gasteiger partial charge in [0.15, 0.2) is 5.69 Å². The summed E-state index contributed by atoms with van der Waals surface area (Å²) >= 11 is 0. The Hall–Kier alpha value is -3.59. The Bertz CT molecular complexity index is 1090. The Morgan fingerprint density at radius 2 is 2.07 bits per heavy atom. The van der Waals surface area contributed by atoms with Gasteiger partial charge in [-0.3, -0.25) is 4.98 Å². The van der Waals surface area contributed by atoms with E-state index < -0.39 is 0 Å². The molecule has 4 aromatic rings. The van der Waals surface area contributed by atoms with Crippen molar-refractivity contribution in [1.29, 1.82) is 0 Å². The second-order valence-corrected chi connectivity index (χ2v) is 6.30. The van der Waals surface area contributed by atoms with Crippen LogP contribution >= 0.6 is 0 Å². The summed E-state index contributed by atoms with van der Waals surface area (Å²) in [6, 6.07) is 11.5. The Morgan fingerprint density at radius 1 is 1.18 bits per heavy atom. The van der Waals surface area contributed by atoms with Crippen LogP contribution in [0.25, 0.3) is 23.0 Å². The molecule has 1 aliphatic heterocycles. The first-order valence-electron chi connectivity index (χ1n) is 8.74. The van der Waals surface area contributed by atoms with E-state index in [1.165, 1.54) is 0 Å². The lowest BCUT2D eigenvalue weighted by molar-refractivity contribution is -0.00119. The van der Waals surface area contributed by atoms with Crippen LogP contribution in [0.3, 0.4) is 0 Å². The molecule has 0 saturated heterocycles. The number of aromatic nitrogens is 6.